The van der Waals surface area contributed by atoms with Crippen LogP contribution in [-0.4, -0.2) is 37.0 Å². The van der Waals surface area contributed by atoms with Crippen molar-refractivity contribution in [2.45, 2.75) is 39.8 Å². The molecular formula is C11H20F3NO. The van der Waals surface area contributed by atoms with Crippen molar-refractivity contribution in [3.63, 3.8) is 0 Å². The molecule has 0 N–H and O–H groups in total. The molecule has 0 saturated heterocycles. The van der Waals surface area contributed by atoms with Crippen LogP contribution >= 0.6 is 0 Å². The fourth-order valence-corrected chi connectivity index (χ4v) is 1.10. The lowest BCUT2D eigenvalue weighted by Crippen LogP contribution is -2.29. The molecular weight excluding hydrogens is 219 g/mol. The Morgan fingerprint density at radius 3 is 2.00 bits per heavy atom. The molecule has 16 heavy (non-hydrogen) atoms. The summed E-state index contributed by atoms with van der Waals surface area (Å²) in [5.41, 5.74) is -0.412. The zero-order chi connectivity index (χ0) is 13.0. The van der Waals surface area contributed by atoms with Gasteiger partial charge in [0.15, 0.2) is 0 Å². The SMILES string of the molecule is CN(CCC(=O)C(C)(C)C)CCC(F)(F)F. The van der Waals surface area contributed by atoms with Gasteiger partial charge in [0.1, 0.15) is 5.78 Å². The van der Waals surface area contributed by atoms with Crippen LogP contribution in [0.5, 0.6) is 0 Å². The Morgan fingerprint density at radius 1 is 1.12 bits per heavy atom. The first kappa shape index (κ1) is 15.4. The van der Waals surface area contributed by atoms with E-state index in [0.717, 1.165) is 0 Å². The number of alkyl halides is 3. The third-order valence-corrected chi connectivity index (χ3v) is 2.33. The molecule has 0 amide bonds. The highest BCUT2D eigenvalue weighted by Gasteiger charge is 2.27. The molecule has 0 aromatic rings. The third-order valence-electron chi connectivity index (χ3n) is 2.33. The molecule has 0 atom stereocenters. The topological polar surface area (TPSA) is 20.3 Å². The molecule has 0 rings (SSSR count). The van der Waals surface area contributed by atoms with Crippen molar-refractivity contribution >= 4 is 5.78 Å². The normalized spacial score (nSPS) is 13.2. The maximum Gasteiger partial charge on any atom is 0.390 e. The second kappa shape index (κ2) is 5.66. The van der Waals surface area contributed by atoms with Crippen molar-refractivity contribution in [3.8, 4) is 0 Å². The summed E-state index contributed by atoms with van der Waals surface area (Å²) in [5.74, 6) is 0.0753. The number of hydrogen-bond acceptors (Lipinski definition) is 2. The Hall–Kier alpha value is -0.580. The molecule has 0 aromatic heterocycles. The summed E-state index contributed by atoms with van der Waals surface area (Å²) >= 11 is 0. The van der Waals surface area contributed by atoms with Crippen LogP contribution in [0.1, 0.15) is 33.6 Å². The lowest BCUT2D eigenvalue weighted by atomic mass is 9.89. The predicted octanol–water partition coefficient (Wildman–Crippen LogP) is 2.88. The lowest BCUT2D eigenvalue weighted by molar-refractivity contribution is -0.137. The van der Waals surface area contributed by atoms with E-state index in [1.165, 1.54) is 4.90 Å². The minimum atomic E-state index is -4.12. The molecule has 0 saturated carbocycles. The Labute approximate surface area is 94.8 Å². The quantitative estimate of drug-likeness (QED) is 0.735. The van der Waals surface area contributed by atoms with E-state index in [1.54, 1.807) is 7.05 Å². The van der Waals surface area contributed by atoms with Gasteiger partial charge in [-0.05, 0) is 7.05 Å². The van der Waals surface area contributed by atoms with Crippen LogP contribution in [0.15, 0.2) is 0 Å². The third kappa shape index (κ3) is 7.68. The van der Waals surface area contributed by atoms with Crippen LogP contribution in [0.25, 0.3) is 0 Å². The van der Waals surface area contributed by atoms with E-state index < -0.39 is 18.0 Å². The largest absolute Gasteiger partial charge is 0.390 e. The first-order valence-electron chi connectivity index (χ1n) is 5.31. The standard InChI is InChI=1S/C11H20F3NO/c1-10(2,3)9(16)5-7-15(4)8-6-11(12,13)14/h5-8H2,1-4H3. The van der Waals surface area contributed by atoms with Gasteiger partial charge in [-0.1, -0.05) is 20.8 Å². The minimum absolute atomic E-state index is 0.0546. The number of carbonyl (C=O) groups is 1. The van der Waals surface area contributed by atoms with Crippen LogP contribution in [0.3, 0.4) is 0 Å². The molecule has 0 bridgehead atoms. The number of nitrogens with zero attached hydrogens (tertiary/aromatic N) is 1. The second-order valence-corrected chi connectivity index (χ2v) is 5.09. The Kier molecular flexibility index (Phi) is 5.46. The fraction of sp³-hybridized carbons (Fsp3) is 0.909. The van der Waals surface area contributed by atoms with Gasteiger partial charge in [0, 0.05) is 24.9 Å². The second-order valence-electron chi connectivity index (χ2n) is 5.09. The predicted molar refractivity (Wildman–Crippen MR) is 57.2 cm³/mol. The van der Waals surface area contributed by atoms with Gasteiger partial charge >= 0.3 is 6.18 Å². The molecule has 0 aliphatic heterocycles. The number of carbonyl (C=O) groups excluding carboxylic acids is 1. The van der Waals surface area contributed by atoms with Crippen LogP contribution in [0.4, 0.5) is 13.2 Å². The van der Waals surface area contributed by atoms with E-state index in [0.29, 0.717) is 13.0 Å². The van der Waals surface area contributed by atoms with E-state index in [1.807, 2.05) is 20.8 Å². The highest BCUT2D eigenvalue weighted by atomic mass is 19.4. The molecule has 0 heterocycles. The summed E-state index contributed by atoms with van der Waals surface area (Å²) in [4.78, 5) is 13.1. The van der Waals surface area contributed by atoms with Crippen molar-refractivity contribution < 1.29 is 18.0 Å². The van der Waals surface area contributed by atoms with Crippen LogP contribution in [-0.2, 0) is 4.79 Å². The summed E-state index contributed by atoms with van der Waals surface area (Å²) in [7, 11) is 1.60. The highest BCUT2D eigenvalue weighted by molar-refractivity contribution is 5.83. The molecule has 0 spiro atoms. The van der Waals surface area contributed by atoms with E-state index in [-0.39, 0.29) is 12.3 Å². The van der Waals surface area contributed by atoms with Gasteiger partial charge in [0.25, 0.3) is 0 Å². The fourth-order valence-electron chi connectivity index (χ4n) is 1.10. The lowest BCUT2D eigenvalue weighted by Gasteiger charge is -2.21. The van der Waals surface area contributed by atoms with Crippen LogP contribution in [0.2, 0.25) is 0 Å². The van der Waals surface area contributed by atoms with Gasteiger partial charge < -0.3 is 4.90 Å². The van der Waals surface area contributed by atoms with E-state index in [9.17, 15) is 18.0 Å². The minimum Gasteiger partial charge on any atom is -0.306 e. The summed E-state index contributed by atoms with van der Waals surface area (Å²) < 4.78 is 35.7. The number of Topliss-reactive ketones (excluding diaryl/α,β-unsaturated/α-hetero) is 1. The van der Waals surface area contributed by atoms with Gasteiger partial charge in [-0.25, -0.2) is 0 Å². The van der Waals surface area contributed by atoms with Crippen molar-refractivity contribution in [1.29, 1.82) is 0 Å². The zero-order valence-electron chi connectivity index (χ0n) is 10.3. The van der Waals surface area contributed by atoms with Gasteiger partial charge in [0.2, 0.25) is 0 Å². The average molecular weight is 239 g/mol. The Morgan fingerprint density at radius 2 is 1.62 bits per heavy atom. The number of hydrogen-bond donors (Lipinski definition) is 0. The summed E-state index contributed by atoms with van der Waals surface area (Å²) in [5, 5.41) is 0. The average Bonchev–Trinajstić information content (AvgIpc) is 2.08. The van der Waals surface area contributed by atoms with Gasteiger partial charge in [-0.2, -0.15) is 13.2 Å². The monoisotopic (exact) mass is 239 g/mol. The van der Waals surface area contributed by atoms with E-state index in [2.05, 4.69) is 0 Å². The molecule has 0 aromatic carbocycles. The van der Waals surface area contributed by atoms with E-state index in [4.69, 9.17) is 0 Å². The molecule has 96 valence electrons. The van der Waals surface area contributed by atoms with E-state index >= 15 is 0 Å². The van der Waals surface area contributed by atoms with Gasteiger partial charge in [-0.15, -0.1) is 0 Å². The highest BCUT2D eigenvalue weighted by Crippen LogP contribution is 2.20. The van der Waals surface area contributed by atoms with Crippen molar-refractivity contribution in [1.82, 2.24) is 4.90 Å². The Bertz CT molecular complexity index is 230. The zero-order valence-corrected chi connectivity index (χ0v) is 10.3. The summed E-state index contributed by atoms with van der Waals surface area (Å²) in [6, 6.07) is 0. The molecule has 5 heteroatoms. The molecule has 0 aliphatic carbocycles. The first-order valence-corrected chi connectivity index (χ1v) is 5.31. The maximum atomic E-state index is 11.9. The summed E-state index contributed by atoms with van der Waals surface area (Å²) in [6.07, 6.45) is -4.65. The van der Waals surface area contributed by atoms with Crippen molar-refractivity contribution in [2.75, 3.05) is 20.1 Å². The molecule has 2 nitrogen and oxygen atoms in total. The number of halogens is 3. The number of rotatable bonds is 5. The molecule has 0 fully saturated rings. The molecule has 0 unspecified atom stereocenters. The smallest absolute Gasteiger partial charge is 0.306 e. The summed E-state index contributed by atoms with van der Waals surface area (Å²) in [6.45, 7) is 5.76. The number of ketones is 1. The van der Waals surface area contributed by atoms with Crippen LogP contribution < -0.4 is 0 Å². The van der Waals surface area contributed by atoms with Gasteiger partial charge in [0.05, 0.1) is 6.42 Å². The maximum absolute atomic E-state index is 11.9. The Balaban J connectivity index is 3.83. The first-order chi connectivity index (χ1) is 7.02. The van der Waals surface area contributed by atoms with Crippen molar-refractivity contribution in [2.24, 2.45) is 5.41 Å². The molecule has 0 aliphatic rings. The van der Waals surface area contributed by atoms with Crippen LogP contribution in [0, 0.1) is 5.41 Å². The van der Waals surface area contributed by atoms with Gasteiger partial charge in [-0.3, -0.25) is 4.79 Å². The van der Waals surface area contributed by atoms with Crippen molar-refractivity contribution in [3.05, 3.63) is 0 Å². The molecule has 0 radical (unpaired) electrons.